The summed E-state index contributed by atoms with van der Waals surface area (Å²) in [6.07, 6.45) is 79.1. The number of carbonyl (C=O) groups is 2. The lowest BCUT2D eigenvalue weighted by molar-refractivity contribution is -0.143. The molecular formula is C68H131NO5. The van der Waals surface area contributed by atoms with Crippen molar-refractivity contribution in [3.8, 4) is 0 Å². The van der Waals surface area contributed by atoms with Crippen LogP contribution in [0.3, 0.4) is 0 Å². The number of hydrogen-bond acceptors (Lipinski definition) is 5. The van der Waals surface area contributed by atoms with Gasteiger partial charge in [-0.3, -0.25) is 9.59 Å². The maximum Gasteiger partial charge on any atom is 0.305 e. The minimum absolute atomic E-state index is 0.00116. The van der Waals surface area contributed by atoms with Gasteiger partial charge in [0.1, 0.15) is 0 Å². The fourth-order valence-electron chi connectivity index (χ4n) is 10.6. The van der Waals surface area contributed by atoms with Crippen molar-refractivity contribution >= 4 is 11.9 Å². The summed E-state index contributed by atoms with van der Waals surface area (Å²) in [6.45, 7) is 4.95. The second-order valence-corrected chi connectivity index (χ2v) is 23.2. The van der Waals surface area contributed by atoms with Crippen LogP contribution in [0.2, 0.25) is 0 Å². The summed E-state index contributed by atoms with van der Waals surface area (Å²) in [5.41, 5.74) is 0. The zero-order valence-electron chi connectivity index (χ0n) is 50.1. The Morgan fingerprint density at radius 2 is 0.676 bits per heavy atom. The molecule has 1 amide bonds. The molecule has 0 aromatic carbocycles. The van der Waals surface area contributed by atoms with E-state index < -0.39 is 12.1 Å². The molecule has 438 valence electrons. The van der Waals surface area contributed by atoms with Gasteiger partial charge in [-0.15, -0.1) is 0 Å². The first-order valence-corrected chi connectivity index (χ1v) is 33.6. The van der Waals surface area contributed by atoms with Crippen LogP contribution in [-0.4, -0.2) is 47.4 Å². The zero-order valence-corrected chi connectivity index (χ0v) is 50.1. The van der Waals surface area contributed by atoms with Crippen LogP contribution in [0.15, 0.2) is 24.3 Å². The summed E-state index contributed by atoms with van der Waals surface area (Å²) in [5.74, 6) is -0.0333. The van der Waals surface area contributed by atoms with E-state index in [4.69, 9.17) is 4.74 Å². The number of esters is 1. The number of hydrogen-bond donors (Lipinski definition) is 3. The van der Waals surface area contributed by atoms with Gasteiger partial charge in [-0.1, -0.05) is 327 Å². The summed E-state index contributed by atoms with van der Waals surface area (Å²) < 4.78 is 5.48. The molecule has 6 nitrogen and oxygen atoms in total. The molecule has 6 heteroatoms. The van der Waals surface area contributed by atoms with Crippen molar-refractivity contribution in [2.45, 2.75) is 386 Å². The number of aliphatic hydroxyl groups excluding tert-OH is 2. The lowest BCUT2D eigenvalue weighted by Crippen LogP contribution is -2.45. The third kappa shape index (κ3) is 59.6. The summed E-state index contributed by atoms with van der Waals surface area (Å²) in [7, 11) is 0. The molecular weight excluding hydrogens is 911 g/mol. The van der Waals surface area contributed by atoms with E-state index in [0.29, 0.717) is 25.9 Å². The van der Waals surface area contributed by atoms with Gasteiger partial charge in [0.2, 0.25) is 5.91 Å². The molecule has 0 fully saturated rings. The van der Waals surface area contributed by atoms with Gasteiger partial charge < -0.3 is 20.3 Å². The highest BCUT2D eigenvalue weighted by molar-refractivity contribution is 5.76. The van der Waals surface area contributed by atoms with E-state index in [2.05, 4.69) is 43.5 Å². The average Bonchev–Trinajstić information content (AvgIpc) is 3.40. The third-order valence-corrected chi connectivity index (χ3v) is 15.8. The number of amides is 1. The van der Waals surface area contributed by atoms with Crippen LogP contribution in [0.25, 0.3) is 0 Å². The fraction of sp³-hybridized carbons (Fsp3) is 0.912. The van der Waals surface area contributed by atoms with E-state index >= 15 is 0 Å². The first kappa shape index (κ1) is 72.3. The van der Waals surface area contributed by atoms with E-state index in [-0.39, 0.29) is 18.5 Å². The van der Waals surface area contributed by atoms with Gasteiger partial charge in [-0.25, -0.2) is 0 Å². The molecule has 0 aromatic rings. The fourth-order valence-corrected chi connectivity index (χ4v) is 10.6. The molecule has 74 heavy (non-hydrogen) atoms. The van der Waals surface area contributed by atoms with Gasteiger partial charge in [-0.2, -0.15) is 0 Å². The first-order valence-electron chi connectivity index (χ1n) is 33.6. The van der Waals surface area contributed by atoms with Crippen molar-refractivity contribution in [1.82, 2.24) is 5.32 Å². The normalized spacial score (nSPS) is 12.6. The van der Waals surface area contributed by atoms with E-state index in [9.17, 15) is 19.8 Å². The molecule has 0 rings (SSSR count). The molecule has 0 aromatic heterocycles. The van der Waals surface area contributed by atoms with Crippen LogP contribution in [0.5, 0.6) is 0 Å². The molecule has 0 saturated heterocycles. The van der Waals surface area contributed by atoms with Gasteiger partial charge >= 0.3 is 5.97 Å². The number of carbonyl (C=O) groups excluding carboxylic acids is 2. The Morgan fingerprint density at radius 3 is 1.05 bits per heavy atom. The smallest absolute Gasteiger partial charge is 0.305 e. The monoisotopic (exact) mass is 1040 g/mol. The number of unbranched alkanes of at least 4 members (excludes halogenated alkanes) is 48. The predicted octanol–water partition coefficient (Wildman–Crippen LogP) is 21.4. The molecule has 0 spiro atoms. The molecule has 0 aliphatic carbocycles. The number of allylic oxidation sites excluding steroid dienone is 4. The Hall–Kier alpha value is -1.66. The number of nitrogens with one attached hydrogen (secondary N) is 1. The second-order valence-electron chi connectivity index (χ2n) is 23.2. The molecule has 0 aliphatic rings. The van der Waals surface area contributed by atoms with Crippen molar-refractivity contribution in [3.05, 3.63) is 24.3 Å². The van der Waals surface area contributed by atoms with Gasteiger partial charge in [-0.05, 0) is 57.8 Å². The first-order chi connectivity index (χ1) is 36.5. The van der Waals surface area contributed by atoms with Gasteiger partial charge in [0.25, 0.3) is 0 Å². The Kier molecular flexibility index (Phi) is 62.4. The van der Waals surface area contributed by atoms with Crippen LogP contribution in [0.1, 0.15) is 373 Å². The Bertz CT molecular complexity index is 1150. The van der Waals surface area contributed by atoms with Crippen molar-refractivity contribution < 1.29 is 24.5 Å². The van der Waals surface area contributed by atoms with Crippen LogP contribution in [0.4, 0.5) is 0 Å². The quantitative estimate of drug-likeness (QED) is 0.0320. The molecule has 2 unspecified atom stereocenters. The lowest BCUT2D eigenvalue weighted by Gasteiger charge is -2.22. The molecule has 3 N–H and O–H groups in total. The largest absolute Gasteiger partial charge is 0.466 e. The molecule has 2 atom stereocenters. The molecule has 0 saturated carbocycles. The molecule has 0 bridgehead atoms. The Balaban J connectivity index is 3.39. The van der Waals surface area contributed by atoms with Crippen molar-refractivity contribution in [2.24, 2.45) is 0 Å². The topological polar surface area (TPSA) is 95.9 Å². The van der Waals surface area contributed by atoms with Crippen molar-refractivity contribution in [3.63, 3.8) is 0 Å². The summed E-state index contributed by atoms with van der Waals surface area (Å²) in [5, 5.41) is 23.4. The van der Waals surface area contributed by atoms with Crippen LogP contribution in [-0.2, 0) is 14.3 Å². The standard InChI is InChI=1S/C68H131NO5/c1-3-5-7-9-11-13-15-17-19-20-21-23-26-29-33-36-40-44-48-52-56-60-66(71)65(64-70)69-67(72)61-57-53-49-45-41-37-34-30-27-24-22-25-28-31-35-39-43-47-51-55-59-63-74-68(73)62-58-54-50-46-42-38-32-18-16-14-12-10-8-6-4-2/h12,14,18,32,65-66,70-71H,3-11,13,15-17,19-31,33-64H2,1-2H3,(H,69,72)/b14-12-,32-18-. The summed E-state index contributed by atoms with van der Waals surface area (Å²) in [4.78, 5) is 24.6. The number of aliphatic hydroxyl groups is 2. The molecule has 0 radical (unpaired) electrons. The third-order valence-electron chi connectivity index (χ3n) is 15.8. The highest BCUT2D eigenvalue weighted by Gasteiger charge is 2.20. The summed E-state index contributed by atoms with van der Waals surface area (Å²) in [6, 6.07) is -0.543. The summed E-state index contributed by atoms with van der Waals surface area (Å²) >= 11 is 0. The minimum Gasteiger partial charge on any atom is -0.466 e. The minimum atomic E-state index is -0.666. The highest BCUT2D eigenvalue weighted by atomic mass is 16.5. The van der Waals surface area contributed by atoms with Crippen LogP contribution < -0.4 is 5.32 Å². The van der Waals surface area contributed by atoms with Crippen molar-refractivity contribution in [1.29, 1.82) is 0 Å². The maximum atomic E-state index is 12.5. The molecule has 0 aliphatic heterocycles. The van der Waals surface area contributed by atoms with Gasteiger partial charge in [0.05, 0.1) is 25.4 Å². The van der Waals surface area contributed by atoms with Crippen LogP contribution >= 0.6 is 0 Å². The van der Waals surface area contributed by atoms with Crippen molar-refractivity contribution in [2.75, 3.05) is 13.2 Å². The van der Waals surface area contributed by atoms with E-state index in [1.165, 1.54) is 289 Å². The van der Waals surface area contributed by atoms with E-state index in [1.54, 1.807) is 0 Å². The predicted molar refractivity (Wildman–Crippen MR) is 324 cm³/mol. The number of ether oxygens (including phenoxy) is 1. The SMILES string of the molecule is CCCCC/C=C\C/C=C\CCCCCCCC(=O)OCCCCCCCCCCCCCCCCCCCCCCCC(=O)NC(CO)C(O)CCCCCCCCCCCCCCCCCCCCCCC. The van der Waals surface area contributed by atoms with E-state index in [1.807, 2.05) is 0 Å². The zero-order chi connectivity index (χ0) is 53.6. The number of rotatable bonds is 63. The molecule has 0 heterocycles. The lowest BCUT2D eigenvalue weighted by atomic mass is 10.0. The van der Waals surface area contributed by atoms with Gasteiger partial charge in [0.15, 0.2) is 0 Å². The second kappa shape index (κ2) is 63.9. The Morgan fingerprint density at radius 1 is 0.378 bits per heavy atom. The van der Waals surface area contributed by atoms with Crippen LogP contribution in [0, 0.1) is 0 Å². The Labute approximate surface area is 462 Å². The highest BCUT2D eigenvalue weighted by Crippen LogP contribution is 2.19. The maximum absolute atomic E-state index is 12.5. The van der Waals surface area contributed by atoms with E-state index in [0.717, 1.165) is 51.4 Å². The average molecular weight is 1040 g/mol. The van der Waals surface area contributed by atoms with Gasteiger partial charge in [0, 0.05) is 12.8 Å².